The molecule has 2 aromatic heterocycles. The number of para-hydroxylation sites is 1. The Morgan fingerprint density at radius 2 is 2.10 bits per heavy atom. The summed E-state index contributed by atoms with van der Waals surface area (Å²) in [5, 5.41) is 1.06. The average Bonchev–Trinajstić information content (AvgIpc) is 2.75. The third-order valence-corrected chi connectivity index (χ3v) is 3.29. The van der Waals surface area contributed by atoms with Crippen molar-refractivity contribution in [3.8, 4) is 0 Å². The van der Waals surface area contributed by atoms with Gasteiger partial charge in [0.1, 0.15) is 17.9 Å². The van der Waals surface area contributed by atoms with E-state index in [2.05, 4.69) is 14.5 Å². The number of aryl methyl sites for hydroxylation is 1. The maximum atomic E-state index is 10.9. The molecule has 3 aromatic rings. The highest BCUT2D eigenvalue weighted by atomic mass is 16.5. The Labute approximate surface area is 116 Å². The first-order valence-electron chi connectivity index (χ1n) is 6.51. The molecule has 20 heavy (non-hydrogen) atoms. The van der Waals surface area contributed by atoms with Gasteiger partial charge in [-0.3, -0.25) is 9.78 Å². The van der Waals surface area contributed by atoms with Crippen LogP contribution in [0.4, 0.5) is 0 Å². The van der Waals surface area contributed by atoms with Crippen LogP contribution in [-0.4, -0.2) is 27.1 Å². The first-order chi connectivity index (χ1) is 9.66. The van der Waals surface area contributed by atoms with E-state index in [1.54, 1.807) is 6.20 Å². The van der Waals surface area contributed by atoms with Crippen molar-refractivity contribution in [3.63, 3.8) is 0 Å². The molecule has 0 aliphatic rings. The van der Waals surface area contributed by atoms with Crippen LogP contribution in [0.5, 0.6) is 0 Å². The zero-order valence-corrected chi connectivity index (χ0v) is 11.5. The van der Waals surface area contributed by atoms with Gasteiger partial charge in [-0.15, -0.1) is 0 Å². The van der Waals surface area contributed by atoms with Gasteiger partial charge in [-0.1, -0.05) is 18.2 Å². The minimum absolute atomic E-state index is 0.265. The lowest BCUT2D eigenvalue weighted by Crippen LogP contribution is -2.10. The fraction of sp³-hybridized carbons (Fsp3) is 0.267. The number of nitrogens with zero attached hydrogens (tertiary/aromatic N) is 3. The van der Waals surface area contributed by atoms with Crippen molar-refractivity contribution in [2.75, 3.05) is 6.61 Å². The van der Waals surface area contributed by atoms with E-state index < -0.39 is 0 Å². The summed E-state index contributed by atoms with van der Waals surface area (Å²) in [7, 11) is 0. The van der Waals surface area contributed by atoms with Gasteiger partial charge in [-0.05, 0) is 13.0 Å². The SMILES string of the molecule is CC(=O)OCCn1c(C)nc2cnc3ccccc3c21. The molecule has 2 heterocycles. The molecule has 0 atom stereocenters. The van der Waals surface area contributed by atoms with Gasteiger partial charge in [-0.25, -0.2) is 4.98 Å². The molecule has 102 valence electrons. The maximum Gasteiger partial charge on any atom is 0.302 e. The van der Waals surface area contributed by atoms with E-state index in [0.29, 0.717) is 13.2 Å². The lowest BCUT2D eigenvalue weighted by molar-refractivity contribution is -0.141. The highest BCUT2D eigenvalue weighted by Gasteiger charge is 2.11. The third-order valence-electron chi connectivity index (χ3n) is 3.29. The summed E-state index contributed by atoms with van der Waals surface area (Å²) in [6.07, 6.45) is 1.78. The zero-order valence-electron chi connectivity index (χ0n) is 11.5. The van der Waals surface area contributed by atoms with E-state index in [9.17, 15) is 4.79 Å². The third kappa shape index (κ3) is 2.11. The molecular formula is C15H15N3O2. The van der Waals surface area contributed by atoms with Crippen LogP contribution < -0.4 is 0 Å². The molecule has 0 spiro atoms. The second-order valence-electron chi connectivity index (χ2n) is 4.66. The molecule has 1 aromatic carbocycles. The molecule has 0 fully saturated rings. The highest BCUT2D eigenvalue weighted by molar-refractivity contribution is 6.02. The van der Waals surface area contributed by atoms with Crippen molar-refractivity contribution in [2.24, 2.45) is 0 Å². The van der Waals surface area contributed by atoms with Gasteiger partial charge in [-0.2, -0.15) is 0 Å². The van der Waals surface area contributed by atoms with E-state index in [1.807, 2.05) is 31.2 Å². The molecule has 0 amide bonds. The summed E-state index contributed by atoms with van der Waals surface area (Å²) in [6, 6.07) is 7.97. The van der Waals surface area contributed by atoms with Crippen LogP contribution in [0, 0.1) is 6.92 Å². The first-order valence-corrected chi connectivity index (χ1v) is 6.51. The van der Waals surface area contributed by atoms with E-state index in [1.165, 1.54) is 6.92 Å². The fourth-order valence-corrected chi connectivity index (χ4v) is 2.43. The topological polar surface area (TPSA) is 57.0 Å². The Balaban J connectivity index is 2.12. The average molecular weight is 269 g/mol. The highest BCUT2D eigenvalue weighted by Crippen LogP contribution is 2.24. The number of aromatic nitrogens is 3. The van der Waals surface area contributed by atoms with Crippen molar-refractivity contribution in [3.05, 3.63) is 36.3 Å². The predicted molar refractivity (Wildman–Crippen MR) is 76.4 cm³/mol. The van der Waals surface area contributed by atoms with Crippen LogP contribution in [0.1, 0.15) is 12.7 Å². The standard InChI is InChI=1S/C15H15N3O2/c1-10-17-14-9-16-13-6-4-3-5-12(13)15(14)18(10)7-8-20-11(2)19/h3-6,9H,7-8H2,1-2H3. The number of ether oxygens (including phenoxy) is 1. The number of fused-ring (bicyclic) bond motifs is 3. The number of rotatable bonds is 3. The largest absolute Gasteiger partial charge is 0.464 e. The molecule has 0 aliphatic heterocycles. The molecule has 3 rings (SSSR count). The summed E-state index contributed by atoms with van der Waals surface area (Å²) < 4.78 is 7.10. The van der Waals surface area contributed by atoms with Gasteiger partial charge >= 0.3 is 5.97 Å². The number of hydrogen-bond acceptors (Lipinski definition) is 4. The van der Waals surface area contributed by atoms with Crippen molar-refractivity contribution < 1.29 is 9.53 Å². The van der Waals surface area contributed by atoms with Crippen molar-refractivity contribution in [1.29, 1.82) is 0 Å². The smallest absolute Gasteiger partial charge is 0.302 e. The van der Waals surface area contributed by atoms with Crippen LogP contribution in [-0.2, 0) is 16.1 Å². The van der Waals surface area contributed by atoms with E-state index in [0.717, 1.165) is 27.8 Å². The lowest BCUT2D eigenvalue weighted by Gasteiger charge is -2.08. The molecule has 0 saturated heterocycles. The Hall–Kier alpha value is -2.43. The van der Waals surface area contributed by atoms with Crippen molar-refractivity contribution >= 4 is 27.9 Å². The maximum absolute atomic E-state index is 10.9. The number of benzene rings is 1. The molecule has 0 bridgehead atoms. The molecule has 0 N–H and O–H groups in total. The number of carbonyl (C=O) groups is 1. The number of pyridine rings is 1. The lowest BCUT2D eigenvalue weighted by atomic mass is 10.2. The van der Waals surface area contributed by atoms with Crippen molar-refractivity contribution in [2.45, 2.75) is 20.4 Å². The molecule has 5 heteroatoms. The monoisotopic (exact) mass is 269 g/mol. The number of carbonyl (C=O) groups excluding carboxylic acids is 1. The Bertz CT molecular complexity index is 792. The quantitative estimate of drug-likeness (QED) is 0.685. The molecule has 0 aliphatic carbocycles. The first kappa shape index (κ1) is 12.6. The summed E-state index contributed by atoms with van der Waals surface area (Å²) in [5.41, 5.74) is 2.85. The molecule has 0 radical (unpaired) electrons. The van der Waals surface area contributed by atoms with Crippen LogP contribution in [0.2, 0.25) is 0 Å². The molecule has 0 unspecified atom stereocenters. The number of hydrogen-bond donors (Lipinski definition) is 0. The second kappa shape index (κ2) is 4.92. The van der Waals surface area contributed by atoms with E-state index in [-0.39, 0.29) is 5.97 Å². The predicted octanol–water partition coefficient (Wildman–Crippen LogP) is 2.46. The van der Waals surface area contributed by atoms with Crippen LogP contribution >= 0.6 is 0 Å². The van der Waals surface area contributed by atoms with E-state index in [4.69, 9.17) is 4.74 Å². The summed E-state index contributed by atoms with van der Waals surface area (Å²) in [4.78, 5) is 19.8. The summed E-state index contributed by atoms with van der Waals surface area (Å²) in [5.74, 6) is 0.629. The fourth-order valence-electron chi connectivity index (χ4n) is 2.43. The zero-order chi connectivity index (χ0) is 14.1. The Morgan fingerprint density at radius 1 is 1.30 bits per heavy atom. The Morgan fingerprint density at radius 3 is 2.90 bits per heavy atom. The molecule has 5 nitrogen and oxygen atoms in total. The van der Waals surface area contributed by atoms with Crippen LogP contribution in [0.3, 0.4) is 0 Å². The van der Waals surface area contributed by atoms with Gasteiger partial charge < -0.3 is 9.30 Å². The molecule has 0 saturated carbocycles. The van der Waals surface area contributed by atoms with Crippen molar-refractivity contribution in [1.82, 2.24) is 14.5 Å². The number of esters is 1. The van der Waals surface area contributed by atoms with Crippen LogP contribution in [0.25, 0.3) is 21.9 Å². The minimum atomic E-state index is -0.265. The van der Waals surface area contributed by atoms with Gasteiger partial charge in [0.25, 0.3) is 0 Å². The Kier molecular flexibility index (Phi) is 3.10. The second-order valence-corrected chi connectivity index (χ2v) is 4.66. The molecular weight excluding hydrogens is 254 g/mol. The summed E-state index contributed by atoms with van der Waals surface area (Å²) >= 11 is 0. The van der Waals surface area contributed by atoms with Gasteiger partial charge in [0.2, 0.25) is 0 Å². The minimum Gasteiger partial charge on any atom is -0.464 e. The van der Waals surface area contributed by atoms with Crippen LogP contribution in [0.15, 0.2) is 30.5 Å². The van der Waals surface area contributed by atoms with E-state index >= 15 is 0 Å². The number of imidazole rings is 1. The van der Waals surface area contributed by atoms with Gasteiger partial charge in [0.05, 0.1) is 23.8 Å². The summed E-state index contributed by atoms with van der Waals surface area (Å²) in [6.45, 7) is 4.30. The normalized spacial score (nSPS) is 11.1. The van der Waals surface area contributed by atoms with Gasteiger partial charge in [0.15, 0.2) is 0 Å². The van der Waals surface area contributed by atoms with Gasteiger partial charge in [0, 0.05) is 12.3 Å².